The second-order valence-electron chi connectivity index (χ2n) is 5.95. The van der Waals surface area contributed by atoms with E-state index in [0.717, 1.165) is 41.4 Å². The van der Waals surface area contributed by atoms with Crippen LogP contribution >= 0.6 is 11.3 Å². The van der Waals surface area contributed by atoms with Gasteiger partial charge in [-0.3, -0.25) is 4.90 Å². The molecule has 2 aromatic rings. The molecule has 0 aromatic carbocycles. The fourth-order valence-corrected chi connectivity index (χ4v) is 3.01. The zero-order valence-corrected chi connectivity index (χ0v) is 14.5. The molecule has 21 heavy (non-hydrogen) atoms. The second-order valence-corrected chi connectivity index (χ2v) is 6.85. The molecule has 0 radical (unpaired) electrons. The van der Waals surface area contributed by atoms with E-state index in [4.69, 9.17) is 9.97 Å². The highest BCUT2D eigenvalue weighted by Gasteiger charge is 2.16. The third kappa shape index (κ3) is 3.92. The predicted molar refractivity (Wildman–Crippen MR) is 92.0 cm³/mol. The van der Waals surface area contributed by atoms with Crippen LogP contribution < -0.4 is 5.32 Å². The van der Waals surface area contributed by atoms with Crippen LogP contribution in [0.5, 0.6) is 0 Å². The number of nitrogens with zero attached hydrogens (tertiary/aromatic N) is 3. The third-order valence-corrected chi connectivity index (χ3v) is 4.77. The van der Waals surface area contributed by atoms with E-state index in [1.165, 1.54) is 0 Å². The first kappa shape index (κ1) is 16.2. The third-order valence-electron chi connectivity index (χ3n) is 3.96. The number of rotatable bonds is 7. The van der Waals surface area contributed by atoms with Gasteiger partial charge in [0.2, 0.25) is 0 Å². The van der Waals surface area contributed by atoms with Crippen molar-refractivity contribution >= 4 is 27.4 Å². The average molecular weight is 306 g/mol. The number of fused-ring (bicyclic) bond motifs is 1. The summed E-state index contributed by atoms with van der Waals surface area (Å²) in [6.07, 6.45) is 1.09. The van der Waals surface area contributed by atoms with Crippen LogP contribution in [0, 0.1) is 5.92 Å². The van der Waals surface area contributed by atoms with Crippen LogP contribution in [0.15, 0.2) is 11.4 Å². The molecule has 1 N–H and O–H groups in total. The maximum atomic E-state index is 4.74. The van der Waals surface area contributed by atoms with E-state index < -0.39 is 0 Å². The lowest BCUT2D eigenvalue weighted by molar-refractivity contribution is 0.196. The summed E-state index contributed by atoms with van der Waals surface area (Å²) >= 11 is 1.68. The topological polar surface area (TPSA) is 41.1 Å². The van der Waals surface area contributed by atoms with E-state index in [2.05, 4.69) is 56.4 Å². The Bertz CT molecular complexity index is 579. The smallest absolute Gasteiger partial charge is 0.146 e. The molecule has 5 heteroatoms. The van der Waals surface area contributed by atoms with Crippen molar-refractivity contribution in [1.82, 2.24) is 14.9 Å². The van der Waals surface area contributed by atoms with Gasteiger partial charge in [-0.1, -0.05) is 20.8 Å². The Morgan fingerprint density at radius 3 is 2.71 bits per heavy atom. The summed E-state index contributed by atoms with van der Waals surface area (Å²) < 4.78 is 0. The molecule has 2 rings (SSSR count). The molecule has 0 spiro atoms. The minimum atomic E-state index is 0.514. The monoisotopic (exact) mass is 306 g/mol. The number of thiophene rings is 1. The summed E-state index contributed by atoms with van der Waals surface area (Å²) in [6, 6.07) is 2.61. The van der Waals surface area contributed by atoms with Crippen molar-refractivity contribution in [2.75, 3.05) is 18.9 Å². The van der Waals surface area contributed by atoms with Gasteiger partial charge in [0, 0.05) is 12.6 Å². The molecule has 0 amide bonds. The first-order valence-corrected chi connectivity index (χ1v) is 8.59. The molecule has 1 unspecified atom stereocenters. The van der Waals surface area contributed by atoms with Gasteiger partial charge in [-0.05, 0) is 37.8 Å². The van der Waals surface area contributed by atoms with Gasteiger partial charge in [0.25, 0.3) is 0 Å². The second kappa shape index (κ2) is 7.18. The molecule has 2 aromatic heterocycles. The molecule has 0 aliphatic carbocycles. The summed E-state index contributed by atoms with van der Waals surface area (Å²) in [6.45, 7) is 10.6. The van der Waals surface area contributed by atoms with E-state index in [0.29, 0.717) is 12.0 Å². The number of anilines is 1. The van der Waals surface area contributed by atoms with Crippen LogP contribution in [0.25, 0.3) is 10.2 Å². The molecule has 4 nitrogen and oxygen atoms in total. The highest BCUT2D eigenvalue weighted by molar-refractivity contribution is 7.16. The van der Waals surface area contributed by atoms with E-state index in [1.807, 2.05) is 0 Å². The van der Waals surface area contributed by atoms with Crippen LogP contribution in [0.1, 0.15) is 39.9 Å². The quantitative estimate of drug-likeness (QED) is 0.840. The molecule has 0 saturated carbocycles. The molecule has 0 fully saturated rings. The first-order chi connectivity index (χ1) is 10.0. The Kier molecular flexibility index (Phi) is 5.53. The largest absolute Gasteiger partial charge is 0.369 e. The van der Waals surface area contributed by atoms with Gasteiger partial charge in [-0.2, -0.15) is 0 Å². The summed E-state index contributed by atoms with van der Waals surface area (Å²) in [5.74, 6) is 2.50. The van der Waals surface area contributed by atoms with E-state index >= 15 is 0 Å². The predicted octanol–water partition coefficient (Wildman–Crippen LogP) is 3.99. The zero-order valence-electron chi connectivity index (χ0n) is 13.7. The Hall–Kier alpha value is -1.20. The molecule has 0 saturated heterocycles. The molecule has 0 aliphatic heterocycles. The molecule has 1 atom stereocenters. The fourth-order valence-electron chi connectivity index (χ4n) is 2.22. The highest BCUT2D eigenvalue weighted by Crippen LogP contribution is 2.25. The SMILES string of the molecule is CCCNc1nc(CN(C)C(C)C(C)C)nc2sccc12. The van der Waals surface area contributed by atoms with Crippen molar-refractivity contribution in [3.05, 3.63) is 17.3 Å². The molecule has 0 bridgehead atoms. The normalized spacial score (nSPS) is 13.3. The standard InChI is InChI=1S/C16H26N4S/c1-6-8-17-15-13-7-9-21-16(13)19-14(18-15)10-20(5)12(4)11(2)3/h7,9,11-12H,6,8,10H2,1-5H3,(H,17,18,19). The van der Waals surface area contributed by atoms with Gasteiger partial charge < -0.3 is 5.32 Å². The van der Waals surface area contributed by atoms with E-state index in [1.54, 1.807) is 11.3 Å². The lowest BCUT2D eigenvalue weighted by Crippen LogP contribution is -2.33. The number of aromatic nitrogens is 2. The molecule has 2 heterocycles. The summed E-state index contributed by atoms with van der Waals surface area (Å²) in [5, 5.41) is 6.65. The van der Waals surface area contributed by atoms with Gasteiger partial charge >= 0.3 is 0 Å². The van der Waals surface area contributed by atoms with Crippen LogP contribution in [-0.4, -0.2) is 34.5 Å². The van der Waals surface area contributed by atoms with Gasteiger partial charge in [-0.15, -0.1) is 11.3 Å². The van der Waals surface area contributed by atoms with Crippen LogP contribution in [0.3, 0.4) is 0 Å². The minimum absolute atomic E-state index is 0.514. The Balaban J connectivity index is 2.23. The van der Waals surface area contributed by atoms with Crippen molar-refractivity contribution in [3.8, 4) is 0 Å². The summed E-state index contributed by atoms with van der Waals surface area (Å²) in [5.41, 5.74) is 0. The molecular weight excluding hydrogens is 280 g/mol. The summed E-state index contributed by atoms with van der Waals surface area (Å²) in [7, 11) is 2.14. The van der Waals surface area contributed by atoms with Crippen LogP contribution in [0.4, 0.5) is 5.82 Å². The number of nitrogens with one attached hydrogen (secondary N) is 1. The molecule has 116 valence electrons. The lowest BCUT2D eigenvalue weighted by Gasteiger charge is -2.27. The average Bonchev–Trinajstić information content (AvgIpc) is 2.92. The maximum Gasteiger partial charge on any atom is 0.146 e. The van der Waals surface area contributed by atoms with Gasteiger partial charge in [0.15, 0.2) is 0 Å². The van der Waals surface area contributed by atoms with Crippen molar-refractivity contribution in [2.45, 2.75) is 46.7 Å². The van der Waals surface area contributed by atoms with Gasteiger partial charge in [0.1, 0.15) is 16.5 Å². The summed E-state index contributed by atoms with van der Waals surface area (Å²) in [4.78, 5) is 12.8. The molecule has 0 aliphatic rings. The van der Waals surface area contributed by atoms with Crippen molar-refractivity contribution in [1.29, 1.82) is 0 Å². The van der Waals surface area contributed by atoms with Crippen LogP contribution in [-0.2, 0) is 6.54 Å². The van der Waals surface area contributed by atoms with E-state index in [9.17, 15) is 0 Å². The zero-order chi connectivity index (χ0) is 15.4. The maximum absolute atomic E-state index is 4.74. The van der Waals surface area contributed by atoms with Crippen LogP contribution in [0.2, 0.25) is 0 Å². The Morgan fingerprint density at radius 1 is 1.29 bits per heavy atom. The lowest BCUT2D eigenvalue weighted by atomic mass is 10.1. The van der Waals surface area contributed by atoms with Crippen molar-refractivity contribution < 1.29 is 0 Å². The van der Waals surface area contributed by atoms with Crippen molar-refractivity contribution in [3.63, 3.8) is 0 Å². The Labute approximate surface area is 131 Å². The van der Waals surface area contributed by atoms with E-state index in [-0.39, 0.29) is 0 Å². The minimum Gasteiger partial charge on any atom is -0.369 e. The van der Waals surface area contributed by atoms with Crippen molar-refractivity contribution in [2.24, 2.45) is 5.92 Å². The first-order valence-electron chi connectivity index (χ1n) is 7.71. The van der Waals surface area contributed by atoms with Gasteiger partial charge in [-0.25, -0.2) is 9.97 Å². The highest BCUT2D eigenvalue weighted by atomic mass is 32.1. The number of hydrogen-bond acceptors (Lipinski definition) is 5. The fraction of sp³-hybridized carbons (Fsp3) is 0.625. The molecular formula is C16H26N4S. The Morgan fingerprint density at radius 2 is 2.05 bits per heavy atom. The van der Waals surface area contributed by atoms with Gasteiger partial charge in [0.05, 0.1) is 11.9 Å². The number of hydrogen-bond donors (Lipinski definition) is 1.